The van der Waals surface area contributed by atoms with E-state index in [4.69, 9.17) is 24.2 Å². The van der Waals surface area contributed by atoms with Crippen LogP contribution < -0.4 is 18.9 Å². The van der Waals surface area contributed by atoms with Crippen molar-refractivity contribution in [2.75, 3.05) is 21.3 Å². The quantitative estimate of drug-likeness (QED) is 0.496. The van der Waals surface area contributed by atoms with Crippen molar-refractivity contribution < 1.29 is 24.2 Å². The zero-order chi connectivity index (χ0) is 15.9. The van der Waals surface area contributed by atoms with Crippen molar-refractivity contribution in [3.8, 4) is 29.3 Å². The first-order valence-electron chi connectivity index (χ1n) is 6.20. The molecular weight excluding hydrogens is 290 g/mol. The third-order valence-electron chi connectivity index (χ3n) is 2.67. The summed E-state index contributed by atoms with van der Waals surface area (Å²) in [6.45, 7) is 0. The molecule has 0 aliphatic carbocycles. The Balaban J connectivity index is 2.38. The Morgan fingerprint density at radius 2 is 1.64 bits per heavy atom. The molecule has 0 amide bonds. The van der Waals surface area contributed by atoms with Crippen LogP contribution in [0.15, 0.2) is 29.4 Å². The van der Waals surface area contributed by atoms with E-state index in [2.05, 4.69) is 15.1 Å². The molecule has 0 unspecified atom stereocenters. The number of ether oxygens (including phenoxy) is 4. The maximum Gasteiger partial charge on any atom is 0.328 e. The van der Waals surface area contributed by atoms with E-state index in [9.17, 15) is 0 Å². The van der Waals surface area contributed by atoms with Gasteiger partial charge in [0, 0.05) is 5.56 Å². The summed E-state index contributed by atoms with van der Waals surface area (Å²) in [5.74, 6) is 1.43. The third-order valence-corrected chi connectivity index (χ3v) is 2.67. The molecule has 1 aromatic heterocycles. The van der Waals surface area contributed by atoms with Gasteiger partial charge in [0.25, 0.3) is 0 Å². The molecule has 0 aliphatic rings. The molecule has 0 fully saturated rings. The maximum atomic E-state index is 8.60. The van der Waals surface area contributed by atoms with Crippen LogP contribution in [-0.4, -0.2) is 42.7 Å². The summed E-state index contributed by atoms with van der Waals surface area (Å²) in [4.78, 5) is 8.14. The molecule has 2 rings (SSSR count). The number of hydrogen-bond donors (Lipinski definition) is 1. The standard InChI is InChI=1S/C14H15N3O5/c1-19-10-5-4-9(8-15-18)6-11(10)22-14-16-12(20-2)7-13(17-14)21-3/h4-8,18H,1-3H3/b15-8+. The Morgan fingerprint density at radius 1 is 0.955 bits per heavy atom. The van der Waals surface area contributed by atoms with Gasteiger partial charge in [-0.1, -0.05) is 5.16 Å². The van der Waals surface area contributed by atoms with Crippen LogP contribution in [0.3, 0.4) is 0 Å². The minimum atomic E-state index is 0.0348. The topological polar surface area (TPSA) is 95.3 Å². The van der Waals surface area contributed by atoms with Crippen LogP contribution in [0.25, 0.3) is 0 Å². The van der Waals surface area contributed by atoms with Gasteiger partial charge in [-0.05, 0) is 18.2 Å². The Bertz CT molecular complexity index is 653. The zero-order valence-corrected chi connectivity index (χ0v) is 12.3. The Morgan fingerprint density at radius 3 is 2.18 bits per heavy atom. The van der Waals surface area contributed by atoms with E-state index in [1.807, 2.05) is 0 Å². The molecule has 1 heterocycles. The zero-order valence-electron chi connectivity index (χ0n) is 12.3. The van der Waals surface area contributed by atoms with Gasteiger partial charge >= 0.3 is 6.01 Å². The highest BCUT2D eigenvalue weighted by molar-refractivity contribution is 5.80. The van der Waals surface area contributed by atoms with Gasteiger partial charge in [0.1, 0.15) is 0 Å². The fourth-order valence-electron chi connectivity index (χ4n) is 1.66. The molecule has 0 saturated heterocycles. The number of rotatable bonds is 6. The summed E-state index contributed by atoms with van der Waals surface area (Å²) in [6.07, 6.45) is 1.26. The predicted molar refractivity (Wildman–Crippen MR) is 77.6 cm³/mol. The van der Waals surface area contributed by atoms with Gasteiger partial charge in [0.15, 0.2) is 11.5 Å². The SMILES string of the molecule is COc1cc(OC)nc(Oc2cc(/C=N/O)ccc2OC)n1. The highest BCUT2D eigenvalue weighted by atomic mass is 16.5. The molecule has 1 aromatic carbocycles. The first-order chi connectivity index (χ1) is 10.7. The van der Waals surface area contributed by atoms with E-state index in [1.54, 1.807) is 18.2 Å². The van der Waals surface area contributed by atoms with Gasteiger partial charge in [0.2, 0.25) is 11.8 Å². The van der Waals surface area contributed by atoms with Crippen molar-refractivity contribution in [2.45, 2.75) is 0 Å². The van der Waals surface area contributed by atoms with Crippen LogP contribution in [0.2, 0.25) is 0 Å². The lowest BCUT2D eigenvalue weighted by Gasteiger charge is -2.11. The molecule has 0 atom stereocenters. The van der Waals surface area contributed by atoms with Gasteiger partial charge in [0.05, 0.1) is 33.6 Å². The number of oxime groups is 1. The summed E-state index contributed by atoms with van der Waals surface area (Å²) < 4.78 is 21.0. The minimum absolute atomic E-state index is 0.0348. The summed E-state index contributed by atoms with van der Waals surface area (Å²) in [5, 5.41) is 11.6. The number of hydrogen-bond acceptors (Lipinski definition) is 8. The van der Waals surface area contributed by atoms with Gasteiger partial charge in [-0.15, -0.1) is 0 Å². The normalized spacial score (nSPS) is 10.5. The number of benzene rings is 1. The largest absolute Gasteiger partial charge is 0.493 e. The van der Waals surface area contributed by atoms with E-state index >= 15 is 0 Å². The highest BCUT2D eigenvalue weighted by Gasteiger charge is 2.11. The van der Waals surface area contributed by atoms with E-state index in [-0.39, 0.29) is 6.01 Å². The molecule has 1 N–H and O–H groups in total. The minimum Gasteiger partial charge on any atom is -0.493 e. The maximum absolute atomic E-state index is 8.60. The fourth-order valence-corrected chi connectivity index (χ4v) is 1.66. The van der Waals surface area contributed by atoms with Crippen LogP contribution in [0.1, 0.15) is 5.56 Å². The summed E-state index contributed by atoms with van der Waals surface area (Å²) >= 11 is 0. The first kappa shape index (κ1) is 15.4. The molecule has 8 nitrogen and oxygen atoms in total. The number of methoxy groups -OCH3 is 3. The Labute approximate surface area is 126 Å². The molecule has 8 heteroatoms. The average molecular weight is 305 g/mol. The fraction of sp³-hybridized carbons (Fsp3) is 0.214. The molecule has 22 heavy (non-hydrogen) atoms. The second-order valence-corrected chi connectivity index (χ2v) is 3.99. The Kier molecular flexibility index (Phi) is 4.97. The van der Waals surface area contributed by atoms with E-state index in [1.165, 1.54) is 33.6 Å². The highest BCUT2D eigenvalue weighted by Crippen LogP contribution is 2.32. The predicted octanol–water partition coefficient (Wildman–Crippen LogP) is 2.10. The molecule has 0 aliphatic heterocycles. The van der Waals surface area contributed by atoms with Crippen molar-refractivity contribution in [3.05, 3.63) is 29.8 Å². The van der Waals surface area contributed by atoms with Crippen LogP contribution in [0, 0.1) is 0 Å². The molecule has 0 bridgehead atoms. The summed E-state index contributed by atoms with van der Waals surface area (Å²) in [6, 6.07) is 6.56. The van der Waals surface area contributed by atoms with Gasteiger partial charge < -0.3 is 24.2 Å². The first-order valence-corrected chi connectivity index (χ1v) is 6.20. The average Bonchev–Trinajstić information content (AvgIpc) is 2.55. The second-order valence-electron chi connectivity index (χ2n) is 3.99. The van der Waals surface area contributed by atoms with Crippen LogP contribution >= 0.6 is 0 Å². The van der Waals surface area contributed by atoms with Crippen molar-refractivity contribution >= 4 is 6.21 Å². The molecular formula is C14H15N3O5. The third kappa shape index (κ3) is 3.54. The van der Waals surface area contributed by atoms with Crippen molar-refractivity contribution in [2.24, 2.45) is 5.16 Å². The van der Waals surface area contributed by atoms with Crippen molar-refractivity contribution in [3.63, 3.8) is 0 Å². The summed E-state index contributed by atoms with van der Waals surface area (Å²) in [5.41, 5.74) is 0.619. The van der Waals surface area contributed by atoms with Crippen LogP contribution in [0.4, 0.5) is 0 Å². The van der Waals surface area contributed by atoms with Crippen molar-refractivity contribution in [1.29, 1.82) is 0 Å². The lowest BCUT2D eigenvalue weighted by Crippen LogP contribution is -1.99. The monoisotopic (exact) mass is 305 g/mol. The molecule has 2 aromatic rings. The molecule has 0 saturated carbocycles. The van der Waals surface area contributed by atoms with E-state index in [0.717, 1.165) is 0 Å². The lowest BCUT2D eigenvalue weighted by atomic mass is 10.2. The second kappa shape index (κ2) is 7.11. The Hall–Kier alpha value is -3.03. The number of aromatic nitrogens is 2. The van der Waals surface area contributed by atoms with Gasteiger partial charge in [-0.2, -0.15) is 9.97 Å². The molecule has 0 radical (unpaired) electrons. The van der Waals surface area contributed by atoms with Gasteiger partial charge in [-0.25, -0.2) is 0 Å². The summed E-state index contributed by atoms with van der Waals surface area (Å²) in [7, 11) is 4.46. The van der Waals surface area contributed by atoms with Crippen LogP contribution in [-0.2, 0) is 0 Å². The van der Waals surface area contributed by atoms with Crippen LogP contribution in [0.5, 0.6) is 29.3 Å². The lowest BCUT2D eigenvalue weighted by molar-refractivity contribution is 0.321. The van der Waals surface area contributed by atoms with Gasteiger partial charge in [-0.3, -0.25) is 0 Å². The smallest absolute Gasteiger partial charge is 0.328 e. The molecule has 0 spiro atoms. The van der Waals surface area contributed by atoms with Crippen molar-refractivity contribution in [1.82, 2.24) is 9.97 Å². The van der Waals surface area contributed by atoms with E-state index in [0.29, 0.717) is 28.8 Å². The van der Waals surface area contributed by atoms with E-state index < -0.39 is 0 Å². The molecule has 116 valence electrons. The number of nitrogens with zero attached hydrogens (tertiary/aromatic N) is 3.